The summed E-state index contributed by atoms with van der Waals surface area (Å²) < 4.78 is 13.5. The highest BCUT2D eigenvalue weighted by Crippen LogP contribution is 2.27. The molecule has 0 atom stereocenters. The van der Waals surface area contributed by atoms with E-state index in [2.05, 4.69) is 5.32 Å². The van der Waals surface area contributed by atoms with Gasteiger partial charge in [0.15, 0.2) is 0 Å². The molecule has 0 saturated heterocycles. The van der Waals surface area contributed by atoms with Crippen molar-refractivity contribution in [1.29, 1.82) is 0 Å². The normalized spacial score (nSPS) is 10.3. The molecule has 2 aromatic rings. The van der Waals surface area contributed by atoms with Crippen LogP contribution in [0.4, 0.5) is 21.5 Å². The number of para-hydroxylation sites is 1. The average Bonchev–Trinajstić information content (AvgIpc) is 2.28. The molecule has 0 spiro atoms. The Balaban J connectivity index is 2.40. The van der Waals surface area contributed by atoms with Gasteiger partial charge in [0.25, 0.3) is 0 Å². The zero-order chi connectivity index (χ0) is 12.4. The molecule has 0 radical (unpaired) electrons. The van der Waals surface area contributed by atoms with Gasteiger partial charge in [-0.15, -0.1) is 0 Å². The van der Waals surface area contributed by atoms with Gasteiger partial charge >= 0.3 is 0 Å². The van der Waals surface area contributed by atoms with Gasteiger partial charge < -0.3 is 11.1 Å². The number of anilines is 3. The van der Waals surface area contributed by atoms with Crippen LogP contribution in [0.1, 0.15) is 11.1 Å². The van der Waals surface area contributed by atoms with E-state index >= 15 is 0 Å². The van der Waals surface area contributed by atoms with E-state index in [-0.39, 0.29) is 5.82 Å². The van der Waals surface area contributed by atoms with Crippen LogP contribution in [0.15, 0.2) is 36.4 Å². The van der Waals surface area contributed by atoms with Crippen molar-refractivity contribution in [2.24, 2.45) is 0 Å². The molecular formula is C14H15FN2. The van der Waals surface area contributed by atoms with E-state index in [0.717, 1.165) is 16.8 Å². The molecule has 0 amide bonds. The van der Waals surface area contributed by atoms with E-state index in [0.29, 0.717) is 11.4 Å². The predicted octanol–water partition coefficient (Wildman–Crippen LogP) is 3.77. The van der Waals surface area contributed by atoms with Crippen LogP contribution in [0, 0.1) is 19.7 Å². The minimum Gasteiger partial charge on any atom is -0.398 e. The van der Waals surface area contributed by atoms with Crippen molar-refractivity contribution in [2.75, 3.05) is 11.1 Å². The SMILES string of the molecule is Cc1cc(N)c(C)c(Nc2ccccc2F)c1. The number of hydrogen-bond donors (Lipinski definition) is 2. The lowest BCUT2D eigenvalue weighted by molar-refractivity contribution is 0.632. The summed E-state index contributed by atoms with van der Waals surface area (Å²) in [5.41, 5.74) is 9.87. The molecule has 88 valence electrons. The molecule has 0 aliphatic heterocycles. The number of nitrogen functional groups attached to an aromatic ring is 1. The van der Waals surface area contributed by atoms with Crippen LogP contribution in [0.5, 0.6) is 0 Å². The fourth-order valence-corrected chi connectivity index (χ4v) is 1.72. The van der Waals surface area contributed by atoms with E-state index in [1.807, 2.05) is 26.0 Å². The third kappa shape index (κ3) is 2.38. The molecule has 0 aromatic heterocycles. The lowest BCUT2D eigenvalue weighted by atomic mass is 10.1. The number of hydrogen-bond acceptors (Lipinski definition) is 2. The van der Waals surface area contributed by atoms with Crippen LogP contribution in [0.2, 0.25) is 0 Å². The third-order valence-corrected chi connectivity index (χ3v) is 2.74. The highest BCUT2D eigenvalue weighted by atomic mass is 19.1. The molecule has 0 aliphatic rings. The van der Waals surface area contributed by atoms with E-state index in [9.17, 15) is 4.39 Å². The Kier molecular flexibility index (Phi) is 3.00. The van der Waals surface area contributed by atoms with Crippen LogP contribution in [-0.2, 0) is 0 Å². The molecule has 0 bridgehead atoms. The molecule has 0 fully saturated rings. The number of halogens is 1. The highest BCUT2D eigenvalue weighted by molar-refractivity contribution is 5.70. The van der Waals surface area contributed by atoms with Crippen molar-refractivity contribution in [3.63, 3.8) is 0 Å². The largest absolute Gasteiger partial charge is 0.398 e. The van der Waals surface area contributed by atoms with Gasteiger partial charge in [0.2, 0.25) is 0 Å². The molecule has 17 heavy (non-hydrogen) atoms. The smallest absolute Gasteiger partial charge is 0.146 e. The van der Waals surface area contributed by atoms with Crippen molar-refractivity contribution in [2.45, 2.75) is 13.8 Å². The first-order valence-electron chi connectivity index (χ1n) is 5.46. The second kappa shape index (κ2) is 4.45. The zero-order valence-corrected chi connectivity index (χ0v) is 9.92. The summed E-state index contributed by atoms with van der Waals surface area (Å²) in [7, 11) is 0. The molecule has 3 heteroatoms. The Bertz CT molecular complexity index is 550. The maximum absolute atomic E-state index is 13.5. The summed E-state index contributed by atoms with van der Waals surface area (Å²) in [5, 5.41) is 3.07. The standard InChI is InChI=1S/C14H15FN2/c1-9-7-12(16)10(2)14(8-9)17-13-6-4-3-5-11(13)15/h3-8,17H,16H2,1-2H3. The van der Waals surface area contributed by atoms with E-state index in [4.69, 9.17) is 5.73 Å². The molecule has 2 rings (SSSR count). The first kappa shape index (κ1) is 11.5. The molecule has 3 N–H and O–H groups in total. The number of aryl methyl sites for hydroxylation is 1. The minimum atomic E-state index is -0.271. The second-order valence-corrected chi connectivity index (χ2v) is 4.13. The summed E-state index contributed by atoms with van der Waals surface area (Å²) >= 11 is 0. The number of nitrogens with two attached hydrogens (primary N) is 1. The summed E-state index contributed by atoms with van der Waals surface area (Å²) in [5.74, 6) is -0.271. The molecule has 2 nitrogen and oxygen atoms in total. The first-order valence-corrected chi connectivity index (χ1v) is 5.46. The van der Waals surface area contributed by atoms with Gasteiger partial charge in [-0.2, -0.15) is 0 Å². The molecule has 2 aromatic carbocycles. The van der Waals surface area contributed by atoms with Crippen molar-refractivity contribution in [3.05, 3.63) is 53.3 Å². The third-order valence-electron chi connectivity index (χ3n) is 2.74. The summed E-state index contributed by atoms with van der Waals surface area (Å²) in [4.78, 5) is 0. The van der Waals surface area contributed by atoms with Gasteiger partial charge in [-0.25, -0.2) is 4.39 Å². The van der Waals surface area contributed by atoms with Gasteiger partial charge in [0.1, 0.15) is 5.82 Å². The van der Waals surface area contributed by atoms with Crippen LogP contribution >= 0.6 is 0 Å². The monoisotopic (exact) mass is 230 g/mol. The Morgan fingerprint density at radius 2 is 1.76 bits per heavy atom. The Morgan fingerprint density at radius 3 is 2.47 bits per heavy atom. The van der Waals surface area contributed by atoms with E-state index in [1.54, 1.807) is 18.2 Å². The van der Waals surface area contributed by atoms with Gasteiger partial charge in [0, 0.05) is 11.4 Å². The van der Waals surface area contributed by atoms with Gasteiger partial charge in [-0.05, 0) is 49.2 Å². The zero-order valence-electron chi connectivity index (χ0n) is 9.92. The van der Waals surface area contributed by atoms with Gasteiger partial charge in [-0.3, -0.25) is 0 Å². The quantitative estimate of drug-likeness (QED) is 0.771. The number of nitrogens with one attached hydrogen (secondary N) is 1. The molecule has 0 unspecified atom stereocenters. The maximum atomic E-state index is 13.5. The number of rotatable bonds is 2. The molecular weight excluding hydrogens is 215 g/mol. The lowest BCUT2D eigenvalue weighted by Crippen LogP contribution is -1.99. The Morgan fingerprint density at radius 1 is 1.06 bits per heavy atom. The topological polar surface area (TPSA) is 38.0 Å². The van der Waals surface area contributed by atoms with Crippen molar-refractivity contribution in [1.82, 2.24) is 0 Å². The summed E-state index contributed by atoms with van der Waals surface area (Å²) in [6.07, 6.45) is 0. The highest BCUT2D eigenvalue weighted by Gasteiger charge is 2.06. The Hall–Kier alpha value is -2.03. The number of benzene rings is 2. The van der Waals surface area contributed by atoms with Crippen LogP contribution in [0.3, 0.4) is 0 Å². The Labute approximate surface area is 100 Å². The fraction of sp³-hybridized carbons (Fsp3) is 0.143. The van der Waals surface area contributed by atoms with Crippen molar-refractivity contribution >= 4 is 17.1 Å². The van der Waals surface area contributed by atoms with E-state index < -0.39 is 0 Å². The maximum Gasteiger partial charge on any atom is 0.146 e. The van der Waals surface area contributed by atoms with Crippen molar-refractivity contribution in [3.8, 4) is 0 Å². The molecule has 0 heterocycles. The summed E-state index contributed by atoms with van der Waals surface area (Å²) in [6, 6.07) is 10.4. The minimum absolute atomic E-state index is 0.271. The van der Waals surface area contributed by atoms with Crippen molar-refractivity contribution < 1.29 is 4.39 Å². The predicted molar refractivity (Wildman–Crippen MR) is 70.0 cm³/mol. The van der Waals surface area contributed by atoms with Gasteiger partial charge in [-0.1, -0.05) is 12.1 Å². The second-order valence-electron chi connectivity index (χ2n) is 4.13. The first-order chi connectivity index (χ1) is 8.08. The lowest BCUT2D eigenvalue weighted by Gasteiger charge is -2.13. The molecule has 0 saturated carbocycles. The summed E-state index contributed by atoms with van der Waals surface area (Å²) in [6.45, 7) is 3.88. The van der Waals surface area contributed by atoms with Gasteiger partial charge in [0.05, 0.1) is 5.69 Å². The van der Waals surface area contributed by atoms with Crippen LogP contribution in [-0.4, -0.2) is 0 Å². The average molecular weight is 230 g/mol. The van der Waals surface area contributed by atoms with Crippen LogP contribution < -0.4 is 11.1 Å². The van der Waals surface area contributed by atoms with Crippen LogP contribution in [0.25, 0.3) is 0 Å². The van der Waals surface area contributed by atoms with E-state index in [1.165, 1.54) is 6.07 Å². The fourth-order valence-electron chi connectivity index (χ4n) is 1.72. The molecule has 0 aliphatic carbocycles.